The monoisotopic (exact) mass is 780 g/mol. The van der Waals surface area contributed by atoms with Gasteiger partial charge in [0.25, 0.3) is 5.69 Å². The number of nitrogens with zero attached hydrogens (tertiary/aromatic N) is 5. The Balaban J connectivity index is 0.000000197. The van der Waals surface area contributed by atoms with E-state index in [0.717, 1.165) is 50.0 Å². The van der Waals surface area contributed by atoms with Gasteiger partial charge in [0.15, 0.2) is 11.6 Å². The summed E-state index contributed by atoms with van der Waals surface area (Å²) in [6, 6.07) is 24.5. The zero-order chi connectivity index (χ0) is 38.4. The second-order valence-corrected chi connectivity index (χ2v) is 14.3. The standard InChI is InChI=1S/C23H20N4O4S.C16H13ClN2O2S/c1-3-18-12-19-21(24-13-14-5-4-6-17(11-14)27(29)30)25-20(26-22(19)32-18)15-7-9-16(10-8-15)23(28)31-2;1-3-11-8-12-13(17)18-14(19-15(12)22-11)9-4-6-10(7-5-9)16(20)21-2/h4-12H,3,13H2,1-2H3,(H,24,25,26);4-8H,3H2,1-2H3. The van der Waals surface area contributed by atoms with Gasteiger partial charge in [-0.3, -0.25) is 10.1 Å². The number of halogens is 1. The Morgan fingerprint density at radius 1 is 0.741 bits per heavy atom. The molecule has 0 unspecified atom stereocenters. The molecule has 0 fully saturated rings. The third-order valence-corrected chi connectivity index (χ3v) is 10.9. The highest BCUT2D eigenvalue weighted by atomic mass is 35.5. The molecule has 3 aromatic carbocycles. The van der Waals surface area contributed by atoms with Gasteiger partial charge in [-0.25, -0.2) is 29.5 Å². The molecule has 0 aliphatic heterocycles. The maximum absolute atomic E-state index is 11.7. The summed E-state index contributed by atoms with van der Waals surface area (Å²) in [4.78, 5) is 56.3. The molecule has 7 rings (SSSR count). The van der Waals surface area contributed by atoms with Crippen LogP contribution in [-0.4, -0.2) is 51.0 Å². The van der Waals surface area contributed by atoms with Crippen LogP contribution in [0.15, 0.2) is 84.9 Å². The van der Waals surface area contributed by atoms with Crippen LogP contribution in [0.1, 0.15) is 49.9 Å². The van der Waals surface area contributed by atoms with Crippen LogP contribution < -0.4 is 5.32 Å². The number of non-ortho nitro benzene ring substituents is 1. The van der Waals surface area contributed by atoms with Crippen molar-refractivity contribution in [2.75, 3.05) is 19.5 Å². The van der Waals surface area contributed by atoms with Gasteiger partial charge in [-0.2, -0.15) is 0 Å². The molecular formula is C39H33ClN6O6S2. The van der Waals surface area contributed by atoms with Crippen molar-refractivity contribution in [2.24, 2.45) is 0 Å². The molecule has 0 spiro atoms. The highest BCUT2D eigenvalue weighted by Crippen LogP contribution is 2.33. The number of thiophene rings is 2. The van der Waals surface area contributed by atoms with Crippen LogP contribution in [0.5, 0.6) is 0 Å². The quantitative estimate of drug-likeness (QED) is 0.0609. The molecule has 0 aliphatic rings. The molecule has 0 atom stereocenters. The van der Waals surface area contributed by atoms with E-state index < -0.39 is 10.9 Å². The van der Waals surface area contributed by atoms with Gasteiger partial charge >= 0.3 is 11.9 Å². The number of hydrogen-bond acceptors (Lipinski definition) is 13. The van der Waals surface area contributed by atoms with Crippen molar-refractivity contribution in [3.8, 4) is 22.8 Å². The number of aromatic nitrogens is 4. The zero-order valence-electron chi connectivity index (χ0n) is 29.6. The minimum absolute atomic E-state index is 0.0484. The van der Waals surface area contributed by atoms with Gasteiger partial charge in [-0.15, -0.1) is 22.7 Å². The van der Waals surface area contributed by atoms with E-state index in [2.05, 4.69) is 39.9 Å². The Hall–Kier alpha value is -5.83. The predicted molar refractivity (Wildman–Crippen MR) is 213 cm³/mol. The van der Waals surface area contributed by atoms with Gasteiger partial charge in [-0.05, 0) is 54.8 Å². The second kappa shape index (κ2) is 16.9. The van der Waals surface area contributed by atoms with E-state index in [1.807, 2.05) is 12.1 Å². The highest BCUT2D eigenvalue weighted by Gasteiger charge is 2.15. The molecule has 274 valence electrons. The maximum atomic E-state index is 11.7. The van der Waals surface area contributed by atoms with Crippen molar-refractivity contribution in [3.05, 3.63) is 127 Å². The number of anilines is 1. The van der Waals surface area contributed by atoms with Crippen LogP contribution in [-0.2, 0) is 28.9 Å². The fraction of sp³-hybridized carbons (Fsp3) is 0.179. The van der Waals surface area contributed by atoms with E-state index in [1.165, 1.54) is 30.0 Å². The molecule has 0 saturated heterocycles. The summed E-state index contributed by atoms with van der Waals surface area (Å²) in [6.45, 7) is 4.56. The lowest BCUT2D eigenvalue weighted by Crippen LogP contribution is -2.04. The third-order valence-electron chi connectivity index (χ3n) is 8.25. The summed E-state index contributed by atoms with van der Waals surface area (Å²) in [6.07, 6.45) is 1.83. The Bertz CT molecular complexity index is 2490. The molecule has 0 amide bonds. The SMILES string of the molecule is CCc1cc2c(Cl)nc(-c3ccc(C(=O)OC)cc3)nc2s1.CCc1cc2c(NCc3cccc([N+](=O)[O-])c3)nc(-c3ccc(C(=O)OC)cc3)nc2s1. The Kier molecular flexibility index (Phi) is 11.9. The third kappa shape index (κ3) is 8.52. The Morgan fingerprint density at radius 2 is 1.26 bits per heavy atom. The molecule has 12 nitrogen and oxygen atoms in total. The van der Waals surface area contributed by atoms with Gasteiger partial charge in [0.1, 0.15) is 20.6 Å². The minimum atomic E-state index is -0.408. The van der Waals surface area contributed by atoms with Gasteiger partial charge in [0.2, 0.25) is 0 Å². The first-order valence-corrected chi connectivity index (χ1v) is 18.7. The molecular weight excluding hydrogens is 748 g/mol. The van der Waals surface area contributed by atoms with Crippen LogP contribution in [0, 0.1) is 10.1 Å². The average molecular weight is 781 g/mol. The van der Waals surface area contributed by atoms with E-state index in [-0.39, 0.29) is 11.7 Å². The normalized spacial score (nSPS) is 10.8. The number of nitro benzene ring substituents is 1. The van der Waals surface area contributed by atoms with Crippen molar-refractivity contribution >= 4 is 78.2 Å². The summed E-state index contributed by atoms with van der Waals surface area (Å²) in [5.41, 5.74) is 3.34. The van der Waals surface area contributed by atoms with Crippen LogP contribution in [0.4, 0.5) is 11.5 Å². The first-order valence-electron chi connectivity index (χ1n) is 16.7. The van der Waals surface area contributed by atoms with E-state index >= 15 is 0 Å². The van der Waals surface area contributed by atoms with Crippen molar-refractivity contribution in [2.45, 2.75) is 33.2 Å². The first kappa shape index (κ1) is 37.9. The largest absolute Gasteiger partial charge is 0.465 e. The summed E-state index contributed by atoms with van der Waals surface area (Å²) >= 11 is 9.50. The van der Waals surface area contributed by atoms with E-state index in [9.17, 15) is 19.7 Å². The molecule has 0 saturated carbocycles. The summed E-state index contributed by atoms with van der Waals surface area (Å²) in [7, 11) is 2.70. The number of carbonyl (C=O) groups excluding carboxylic acids is 2. The number of rotatable bonds is 10. The summed E-state index contributed by atoms with van der Waals surface area (Å²) in [5, 5.41) is 16.6. The Labute approximate surface area is 323 Å². The molecule has 0 aliphatic carbocycles. The van der Waals surface area contributed by atoms with Gasteiger partial charge in [-0.1, -0.05) is 61.8 Å². The van der Waals surface area contributed by atoms with Crippen LogP contribution in [0.25, 0.3) is 43.2 Å². The fourth-order valence-electron chi connectivity index (χ4n) is 5.36. The topological polar surface area (TPSA) is 159 Å². The van der Waals surface area contributed by atoms with Gasteiger partial charge in [0, 0.05) is 44.9 Å². The number of nitro groups is 1. The van der Waals surface area contributed by atoms with Crippen molar-refractivity contribution in [3.63, 3.8) is 0 Å². The molecule has 4 heterocycles. The molecule has 0 radical (unpaired) electrons. The number of esters is 2. The minimum Gasteiger partial charge on any atom is -0.465 e. The fourth-order valence-corrected chi connectivity index (χ4v) is 7.58. The lowest BCUT2D eigenvalue weighted by atomic mass is 10.1. The summed E-state index contributed by atoms with van der Waals surface area (Å²) < 4.78 is 9.43. The van der Waals surface area contributed by atoms with Crippen molar-refractivity contribution in [1.82, 2.24) is 19.9 Å². The smallest absolute Gasteiger partial charge is 0.337 e. The number of nitrogens with one attached hydrogen (secondary N) is 1. The number of carbonyl (C=O) groups is 2. The highest BCUT2D eigenvalue weighted by molar-refractivity contribution is 7.19. The van der Waals surface area contributed by atoms with Crippen LogP contribution >= 0.6 is 34.3 Å². The van der Waals surface area contributed by atoms with Gasteiger partial charge < -0.3 is 14.8 Å². The Morgan fingerprint density at radius 3 is 1.78 bits per heavy atom. The maximum Gasteiger partial charge on any atom is 0.337 e. The molecule has 1 N–H and O–H groups in total. The lowest BCUT2D eigenvalue weighted by molar-refractivity contribution is -0.384. The first-order chi connectivity index (χ1) is 26.1. The number of hydrogen-bond donors (Lipinski definition) is 1. The number of benzene rings is 3. The number of fused-ring (bicyclic) bond motifs is 2. The second-order valence-electron chi connectivity index (χ2n) is 11.7. The van der Waals surface area contributed by atoms with Crippen LogP contribution in [0.3, 0.4) is 0 Å². The molecule has 4 aromatic heterocycles. The molecule has 0 bridgehead atoms. The van der Waals surface area contributed by atoms with E-state index in [4.69, 9.17) is 26.3 Å². The van der Waals surface area contributed by atoms with Crippen molar-refractivity contribution < 1.29 is 24.0 Å². The number of aryl methyl sites for hydroxylation is 2. The number of methoxy groups -OCH3 is 2. The predicted octanol–water partition coefficient (Wildman–Crippen LogP) is 9.59. The van der Waals surface area contributed by atoms with Crippen molar-refractivity contribution in [1.29, 1.82) is 0 Å². The molecule has 7 aromatic rings. The van der Waals surface area contributed by atoms with E-state index in [0.29, 0.717) is 40.3 Å². The van der Waals surface area contributed by atoms with Crippen LogP contribution in [0.2, 0.25) is 5.15 Å². The molecule has 54 heavy (non-hydrogen) atoms. The van der Waals surface area contributed by atoms with E-state index in [1.54, 1.807) is 83.3 Å². The molecule has 15 heteroatoms. The average Bonchev–Trinajstić information content (AvgIpc) is 3.84. The lowest BCUT2D eigenvalue weighted by Gasteiger charge is -2.09. The number of ether oxygens (including phenoxy) is 2. The zero-order valence-corrected chi connectivity index (χ0v) is 32.0. The van der Waals surface area contributed by atoms with Gasteiger partial charge in [0.05, 0.1) is 35.7 Å². The summed E-state index contributed by atoms with van der Waals surface area (Å²) in [5.74, 6) is 0.966.